The molecule has 7 nitrogen and oxygen atoms in total. The number of nitrogens with zero attached hydrogens (tertiary/aromatic N) is 6. The van der Waals surface area contributed by atoms with E-state index in [1.165, 1.54) is 12.4 Å². The van der Waals surface area contributed by atoms with Crippen molar-refractivity contribution < 1.29 is 13.3 Å². The van der Waals surface area contributed by atoms with E-state index in [1.807, 2.05) is 30.3 Å². The molecule has 0 bridgehead atoms. The van der Waals surface area contributed by atoms with E-state index < -0.39 is 6.55 Å². The summed E-state index contributed by atoms with van der Waals surface area (Å²) in [6.45, 7) is 1.60. The summed E-state index contributed by atoms with van der Waals surface area (Å²) in [5.41, 5.74) is 0.923. The summed E-state index contributed by atoms with van der Waals surface area (Å²) in [5.74, 6) is 1.56. The Kier molecular flexibility index (Phi) is 5.21. The average Bonchev–Trinajstić information content (AvgIpc) is 3.34. The lowest BCUT2D eigenvalue weighted by atomic mass is 10.2. The zero-order chi connectivity index (χ0) is 18.6. The Morgan fingerprint density at radius 1 is 1.00 bits per heavy atom. The number of hydrogen-bond donors (Lipinski definition) is 0. The van der Waals surface area contributed by atoms with E-state index in [2.05, 4.69) is 24.9 Å². The summed E-state index contributed by atoms with van der Waals surface area (Å²) in [6.07, 6.45) is 2.73. The number of imidazole rings is 1. The maximum absolute atomic E-state index is 12.9. The summed E-state index contributed by atoms with van der Waals surface area (Å²) in [7, 11) is 0. The van der Waals surface area contributed by atoms with E-state index in [9.17, 15) is 8.78 Å². The van der Waals surface area contributed by atoms with Crippen LogP contribution in [0, 0.1) is 0 Å². The Bertz CT molecular complexity index is 858. The highest BCUT2D eigenvalue weighted by molar-refractivity contribution is 5.53. The lowest BCUT2D eigenvalue weighted by molar-refractivity contribution is 0.0597. The van der Waals surface area contributed by atoms with Gasteiger partial charge >= 0.3 is 6.55 Å². The highest BCUT2D eigenvalue weighted by Crippen LogP contribution is 2.17. The van der Waals surface area contributed by atoms with E-state index in [1.54, 1.807) is 0 Å². The topological polar surface area (TPSA) is 63.2 Å². The van der Waals surface area contributed by atoms with Crippen molar-refractivity contribution >= 4 is 0 Å². The molecule has 142 valence electrons. The zero-order valence-electron chi connectivity index (χ0n) is 14.7. The SMILES string of the molecule is FC(F)n1ccnc1CN1CCN(Cc2nc(-c3ccccc3)no2)CC1. The monoisotopic (exact) mass is 374 g/mol. The van der Waals surface area contributed by atoms with Crippen molar-refractivity contribution in [1.29, 1.82) is 0 Å². The van der Waals surface area contributed by atoms with Crippen molar-refractivity contribution in [2.24, 2.45) is 0 Å². The molecule has 1 saturated heterocycles. The van der Waals surface area contributed by atoms with Gasteiger partial charge in [-0.2, -0.15) is 13.8 Å². The van der Waals surface area contributed by atoms with Gasteiger partial charge in [0, 0.05) is 44.1 Å². The molecule has 1 aromatic carbocycles. The van der Waals surface area contributed by atoms with Crippen LogP contribution in [0.4, 0.5) is 8.78 Å². The van der Waals surface area contributed by atoms with Crippen LogP contribution in [-0.4, -0.2) is 55.7 Å². The molecule has 27 heavy (non-hydrogen) atoms. The molecule has 1 aliphatic rings. The maximum Gasteiger partial charge on any atom is 0.319 e. The Morgan fingerprint density at radius 2 is 1.70 bits per heavy atom. The van der Waals surface area contributed by atoms with E-state index in [0.717, 1.165) is 36.3 Å². The standard InChI is InChI=1S/C18H20F2N6O/c19-18(20)26-7-6-21-15(26)12-24-8-10-25(11-9-24)13-16-22-17(23-27-16)14-4-2-1-3-5-14/h1-7,18H,8-13H2. The Labute approximate surface area is 155 Å². The molecule has 0 amide bonds. The normalized spacial score (nSPS) is 16.3. The van der Waals surface area contributed by atoms with Crippen LogP contribution >= 0.6 is 0 Å². The summed E-state index contributed by atoms with van der Waals surface area (Å²) in [6, 6.07) is 9.69. The molecular weight excluding hydrogens is 354 g/mol. The second-order valence-corrected chi connectivity index (χ2v) is 6.46. The number of hydrogen-bond acceptors (Lipinski definition) is 6. The van der Waals surface area contributed by atoms with E-state index in [0.29, 0.717) is 30.6 Å². The minimum absolute atomic E-state index is 0.392. The van der Waals surface area contributed by atoms with Gasteiger partial charge in [-0.05, 0) is 0 Å². The van der Waals surface area contributed by atoms with Gasteiger partial charge in [-0.25, -0.2) is 4.98 Å². The average molecular weight is 374 g/mol. The zero-order valence-corrected chi connectivity index (χ0v) is 14.7. The number of aromatic nitrogens is 4. The number of alkyl halides is 2. The van der Waals surface area contributed by atoms with Crippen molar-refractivity contribution in [2.45, 2.75) is 19.6 Å². The van der Waals surface area contributed by atoms with Crippen molar-refractivity contribution in [1.82, 2.24) is 29.5 Å². The summed E-state index contributed by atoms with van der Waals surface area (Å²) in [5, 5.41) is 4.04. The minimum Gasteiger partial charge on any atom is -0.338 e. The van der Waals surface area contributed by atoms with Gasteiger partial charge in [-0.3, -0.25) is 14.4 Å². The molecule has 1 aliphatic heterocycles. The molecule has 1 fully saturated rings. The van der Waals surface area contributed by atoms with Gasteiger partial charge in [0.15, 0.2) is 0 Å². The van der Waals surface area contributed by atoms with Crippen LogP contribution in [0.5, 0.6) is 0 Å². The smallest absolute Gasteiger partial charge is 0.319 e. The largest absolute Gasteiger partial charge is 0.338 e. The molecule has 4 rings (SSSR count). The molecule has 0 saturated carbocycles. The minimum atomic E-state index is -2.56. The first kappa shape index (κ1) is 17.7. The van der Waals surface area contributed by atoms with Gasteiger partial charge in [-0.15, -0.1) is 0 Å². The second kappa shape index (κ2) is 7.93. The fourth-order valence-electron chi connectivity index (χ4n) is 3.16. The maximum atomic E-state index is 12.9. The summed E-state index contributed by atoms with van der Waals surface area (Å²) in [4.78, 5) is 12.8. The molecule has 0 unspecified atom stereocenters. The third kappa shape index (κ3) is 4.20. The quantitative estimate of drug-likeness (QED) is 0.661. The van der Waals surface area contributed by atoms with Crippen molar-refractivity contribution in [3.8, 4) is 11.4 Å². The number of rotatable bonds is 6. The van der Waals surface area contributed by atoms with Crippen molar-refractivity contribution in [2.75, 3.05) is 26.2 Å². The van der Waals surface area contributed by atoms with Crippen LogP contribution < -0.4 is 0 Å². The Morgan fingerprint density at radius 3 is 2.41 bits per heavy atom. The molecule has 0 radical (unpaired) electrons. The predicted molar refractivity (Wildman–Crippen MR) is 93.8 cm³/mol. The highest BCUT2D eigenvalue weighted by atomic mass is 19.3. The van der Waals surface area contributed by atoms with E-state index in [4.69, 9.17) is 4.52 Å². The van der Waals surface area contributed by atoms with Crippen LogP contribution in [0.1, 0.15) is 18.3 Å². The summed E-state index contributed by atoms with van der Waals surface area (Å²) < 4.78 is 32.1. The lowest BCUT2D eigenvalue weighted by Gasteiger charge is -2.33. The van der Waals surface area contributed by atoms with Gasteiger partial charge in [0.2, 0.25) is 11.7 Å². The molecule has 0 aliphatic carbocycles. The van der Waals surface area contributed by atoms with Gasteiger partial charge in [-0.1, -0.05) is 35.5 Å². The third-order valence-electron chi connectivity index (χ3n) is 4.65. The number of piperazine rings is 1. The molecule has 2 aromatic heterocycles. The van der Waals surface area contributed by atoms with Gasteiger partial charge in [0.25, 0.3) is 0 Å². The molecule has 9 heteroatoms. The molecule has 0 N–H and O–H groups in total. The van der Waals surface area contributed by atoms with Crippen LogP contribution in [0.3, 0.4) is 0 Å². The first-order valence-electron chi connectivity index (χ1n) is 8.81. The molecule has 0 atom stereocenters. The van der Waals surface area contributed by atoms with Crippen molar-refractivity contribution in [3.63, 3.8) is 0 Å². The molecule has 3 aromatic rings. The fourth-order valence-corrected chi connectivity index (χ4v) is 3.16. The van der Waals surface area contributed by atoms with Crippen LogP contribution in [-0.2, 0) is 13.1 Å². The van der Waals surface area contributed by atoms with Crippen LogP contribution in [0.2, 0.25) is 0 Å². The first-order chi connectivity index (χ1) is 13.2. The Balaban J connectivity index is 1.30. The van der Waals surface area contributed by atoms with E-state index in [-0.39, 0.29) is 0 Å². The summed E-state index contributed by atoms with van der Waals surface area (Å²) >= 11 is 0. The van der Waals surface area contributed by atoms with Crippen LogP contribution in [0.25, 0.3) is 11.4 Å². The highest BCUT2D eigenvalue weighted by Gasteiger charge is 2.21. The second-order valence-electron chi connectivity index (χ2n) is 6.46. The first-order valence-corrected chi connectivity index (χ1v) is 8.81. The van der Waals surface area contributed by atoms with Gasteiger partial charge < -0.3 is 4.52 Å². The molecular formula is C18H20F2N6O. The molecule has 3 heterocycles. The van der Waals surface area contributed by atoms with Gasteiger partial charge in [0.05, 0.1) is 13.1 Å². The Hall–Kier alpha value is -2.65. The molecule has 0 spiro atoms. The van der Waals surface area contributed by atoms with Gasteiger partial charge in [0.1, 0.15) is 5.82 Å². The number of halogens is 2. The van der Waals surface area contributed by atoms with Crippen molar-refractivity contribution in [3.05, 3.63) is 54.4 Å². The number of benzene rings is 1. The fraction of sp³-hybridized carbons (Fsp3) is 0.389. The third-order valence-corrected chi connectivity index (χ3v) is 4.65. The predicted octanol–water partition coefficient (Wildman–Crippen LogP) is 2.65. The lowest BCUT2D eigenvalue weighted by Crippen LogP contribution is -2.45. The van der Waals surface area contributed by atoms with Crippen LogP contribution in [0.15, 0.2) is 47.2 Å². The van der Waals surface area contributed by atoms with E-state index >= 15 is 0 Å².